The summed E-state index contributed by atoms with van der Waals surface area (Å²) in [6.07, 6.45) is 0.962. The molecule has 0 fully saturated rings. The van der Waals surface area contributed by atoms with Crippen molar-refractivity contribution < 1.29 is 9.53 Å². The minimum atomic E-state index is -0.305. The first-order valence-corrected chi connectivity index (χ1v) is 8.89. The van der Waals surface area contributed by atoms with Crippen LogP contribution < -0.4 is 10.1 Å². The Labute approximate surface area is 153 Å². The van der Waals surface area contributed by atoms with E-state index in [0.29, 0.717) is 20.9 Å². The number of carbonyl (C=O) groups is 1. The predicted octanol–water partition coefficient (Wildman–Crippen LogP) is 5.18. The van der Waals surface area contributed by atoms with Gasteiger partial charge in [-0.1, -0.05) is 47.5 Å². The first-order valence-electron chi connectivity index (χ1n) is 7.32. The first kappa shape index (κ1) is 17.0. The molecule has 0 radical (unpaired) electrons. The number of benzene rings is 2. The standard InChI is InChI=1S/C17H14Cl2N2O2S/c1-2-10-3-6-13-15(7-10)24-17(20-13)21-16(22)9-23-14-8-11(18)4-5-12(14)19/h3-8H,2,9H2,1H3,(H,20,21,22). The van der Waals surface area contributed by atoms with Gasteiger partial charge in [0.1, 0.15) is 5.75 Å². The largest absolute Gasteiger partial charge is 0.482 e. The minimum Gasteiger partial charge on any atom is -0.482 e. The van der Waals surface area contributed by atoms with E-state index in [4.69, 9.17) is 27.9 Å². The van der Waals surface area contributed by atoms with Gasteiger partial charge in [-0.05, 0) is 36.2 Å². The number of thiazole rings is 1. The van der Waals surface area contributed by atoms with Gasteiger partial charge < -0.3 is 4.74 Å². The van der Waals surface area contributed by atoms with Crippen LogP contribution in [-0.4, -0.2) is 17.5 Å². The molecule has 0 unspecified atom stereocenters. The number of aromatic nitrogens is 1. The highest BCUT2D eigenvalue weighted by Crippen LogP contribution is 2.28. The molecule has 0 aliphatic rings. The number of amides is 1. The van der Waals surface area contributed by atoms with Crippen LogP contribution in [0.2, 0.25) is 10.0 Å². The second-order valence-electron chi connectivity index (χ2n) is 5.09. The van der Waals surface area contributed by atoms with Crippen molar-refractivity contribution in [2.75, 3.05) is 11.9 Å². The van der Waals surface area contributed by atoms with Crippen molar-refractivity contribution >= 4 is 55.8 Å². The smallest absolute Gasteiger partial charge is 0.264 e. The summed E-state index contributed by atoms with van der Waals surface area (Å²) in [5, 5.41) is 4.18. The van der Waals surface area contributed by atoms with Gasteiger partial charge in [0.2, 0.25) is 0 Å². The molecular weight excluding hydrogens is 367 g/mol. The molecule has 1 heterocycles. The van der Waals surface area contributed by atoms with Crippen LogP contribution in [0, 0.1) is 0 Å². The molecular formula is C17H14Cl2N2O2S. The van der Waals surface area contributed by atoms with Crippen molar-refractivity contribution in [3.63, 3.8) is 0 Å². The third kappa shape index (κ3) is 3.98. The normalized spacial score (nSPS) is 10.8. The van der Waals surface area contributed by atoms with Crippen LogP contribution in [0.4, 0.5) is 5.13 Å². The minimum absolute atomic E-state index is 0.170. The zero-order valence-electron chi connectivity index (χ0n) is 12.8. The van der Waals surface area contributed by atoms with Crippen molar-refractivity contribution in [1.82, 2.24) is 4.98 Å². The molecule has 1 amide bonds. The number of rotatable bonds is 5. The van der Waals surface area contributed by atoms with Crippen LogP contribution in [0.3, 0.4) is 0 Å². The summed E-state index contributed by atoms with van der Waals surface area (Å²) in [4.78, 5) is 16.4. The summed E-state index contributed by atoms with van der Waals surface area (Å²) < 4.78 is 6.46. The third-order valence-electron chi connectivity index (χ3n) is 3.36. The fraction of sp³-hybridized carbons (Fsp3) is 0.176. The van der Waals surface area contributed by atoms with Crippen molar-refractivity contribution in [3.8, 4) is 5.75 Å². The number of carbonyl (C=O) groups excluding carboxylic acids is 1. The lowest BCUT2D eigenvalue weighted by molar-refractivity contribution is -0.118. The van der Waals surface area contributed by atoms with E-state index in [1.807, 2.05) is 12.1 Å². The van der Waals surface area contributed by atoms with E-state index >= 15 is 0 Å². The number of nitrogens with one attached hydrogen (secondary N) is 1. The molecule has 0 saturated heterocycles. The van der Waals surface area contributed by atoms with E-state index in [1.54, 1.807) is 18.2 Å². The lowest BCUT2D eigenvalue weighted by atomic mass is 10.2. The lowest BCUT2D eigenvalue weighted by Gasteiger charge is -2.07. The second-order valence-corrected chi connectivity index (χ2v) is 6.96. The van der Waals surface area contributed by atoms with Gasteiger partial charge in [-0.3, -0.25) is 10.1 Å². The number of hydrogen-bond acceptors (Lipinski definition) is 4. The van der Waals surface area contributed by atoms with E-state index in [2.05, 4.69) is 23.3 Å². The SMILES string of the molecule is CCc1ccc2nc(NC(=O)COc3cc(Cl)ccc3Cl)sc2c1. The molecule has 1 N–H and O–H groups in total. The Bertz CT molecular complexity index is 895. The highest BCUT2D eigenvalue weighted by atomic mass is 35.5. The van der Waals surface area contributed by atoms with Gasteiger partial charge in [0.05, 0.1) is 15.2 Å². The second kappa shape index (κ2) is 7.38. The summed E-state index contributed by atoms with van der Waals surface area (Å²) in [6.45, 7) is 1.93. The van der Waals surface area contributed by atoms with Crippen molar-refractivity contribution in [1.29, 1.82) is 0 Å². The van der Waals surface area contributed by atoms with Crippen LogP contribution in [0.15, 0.2) is 36.4 Å². The fourth-order valence-corrected chi connectivity index (χ4v) is 3.41. The number of ether oxygens (including phenoxy) is 1. The maximum absolute atomic E-state index is 12.0. The van der Waals surface area contributed by atoms with E-state index in [0.717, 1.165) is 16.6 Å². The number of aryl methyl sites for hydroxylation is 1. The summed E-state index contributed by atoms with van der Waals surface area (Å²) in [5.74, 6) is 0.0667. The average Bonchev–Trinajstić information content (AvgIpc) is 2.96. The van der Waals surface area contributed by atoms with Gasteiger partial charge in [-0.15, -0.1) is 0 Å². The predicted molar refractivity (Wildman–Crippen MR) is 99.6 cm³/mol. The molecule has 0 atom stereocenters. The van der Waals surface area contributed by atoms with Gasteiger partial charge >= 0.3 is 0 Å². The lowest BCUT2D eigenvalue weighted by Crippen LogP contribution is -2.20. The van der Waals surface area contributed by atoms with Crippen molar-refractivity contribution in [2.45, 2.75) is 13.3 Å². The summed E-state index contributed by atoms with van der Waals surface area (Å²) in [7, 11) is 0. The molecule has 0 aliphatic carbocycles. The Morgan fingerprint density at radius 1 is 1.25 bits per heavy atom. The van der Waals surface area contributed by atoms with Crippen molar-refractivity contribution in [3.05, 3.63) is 52.0 Å². The quantitative estimate of drug-likeness (QED) is 0.662. The Morgan fingerprint density at radius 3 is 2.88 bits per heavy atom. The molecule has 3 aromatic rings. The Balaban J connectivity index is 1.65. The molecule has 24 heavy (non-hydrogen) atoms. The van der Waals surface area contributed by atoms with Crippen LogP contribution in [0.1, 0.15) is 12.5 Å². The Morgan fingerprint density at radius 2 is 2.08 bits per heavy atom. The number of nitrogens with zero attached hydrogens (tertiary/aromatic N) is 1. The topological polar surface area (TPSA) is 51.2 Å². The molecule has 1 aromatic heterocycles. The van der Waals surface area contributed by atoms with Crippen LogP contribution in [0.5, 0.6) is 5.75 Å². The van der Waals surface area contributed by atoms with E-state index in [9.17, 15) is 4.79 Å². The summed E-state index contributed by atoms with van der Waals surface area (Å²) in [6, 6.07) is 10.9. The van der Waals surface area contributed by atoms with Gasteiger partial charge in [-0.25, -0.2) is 4.98 Å². The van der Waals surface area contributed by atoms with Crippen LogP contribution in [0.25, 0.3) is 10.2 Å². The van der Waals surface area contributed by atoms with Gasteiger partial charge in [0.15, 0.2) is 11.7 Å². The zero-order valence-corrected chi connectivity index (χ0v) is 15.1. The maximum atomic E-state index is 12.0. The summed E-state index contributed by atoms with van der Waals surface area (Å²) in [5.41, 5.74) is 2.11. The first-order chi connectivity index (χ1) is 11.5. The van der Waals surface area contributed by atoms with E-state index < -0.39 is 0 Å². The number of halogens is 2. The molecule has 4 nitrogen and oxygen atoms in total. The Kier molecular flexibility index (Phi) is 5.23. The molecule has 124 valence electrons. The highest BCUT2D eigenvalue weighted by Gasteiger charge is 2.10. The maximum Gasteiger partial charge on any atom is 0.264 e. The molecule has 3 rings (SSSR count). The van der Waals surface area contributed by atoms with E-state index in [-0.39, 0.29) is 12.5 Å². The molecule has 7 heteroatoms. The fourth-order valence-electron chi connectivity index (χ4n) is 2.13. The zero-order chi connectivity index (χ0) is 17.1. The Hall–Kier alpha value is -1.82. The molecule has 0 saturated carbocycles. The monoisotopic (exact) mass is 380 g/mol. The number of anilines is 1. The third-order valence-corrected chi connectivity index (χ3v) is 4.84. The van der Waals surface area contributed by atoms with Gasteiger partial charge in [-0.2, -0.15) is 0 Å². The van der Waals surface area contributed by atoms with Crippen LogP contribution >= 0.6 is 34.5 Å². The molecule has 2 aromatic carbocycles. The van der Waals surface area contributed by atoms with E-state index in [1.165, 1.54) is 16.9 Å². The number of fused-ring (bicyclic) bond motifs is 1. The highest BCUT2D eigenvalue weighted by molar-refractivity contribution is 7.22. The average molecular weight is 381 g/mol. The van der Waals surface area contributed by atoms with Crippen LogP contribution in [-0.2, 0) is 11.2 Å². The molecule has 0 spiro atoms. The van der Waals surface area contributed by atoms with Gasteiger partial charge in [0, 0.05) is 11.1 Å². The van der Waals surface area contributed by atoms with Crippen molar-refractivity contribution in [2.24, 2.45) is 0 Å². The number of hydrogen-bond donors (Lipinski definition) is 1. The summed E-state index contributed by atoms with van der Waals surface area (Å²) >= 11 is 13.3. The molecule has 0 bridgehead atoms. The van der Waals surface area contributed by atoms with Gasteiger partial charge in [0.25, 0.3) is 5.91 Å². The molecule has 0 aliphatic heterocycles.